The van der Waals surface area contributed by atoms with Crippen LogP contribution in [-0.4, -0.2) is 37.9 Å². The molecule has 11 heteroatoms. The van der Waals surface area contributed by atoms with E-state index >= 15 is 0 Å². The summed E-state index contributed by atoms with van der Waals surface area (Å²) in [7, 11) is -1.64. The Morgan fingerprint density at radius 3 is 2.51 bits per heavy atom. The van der Waals surface area contributed by atoms with E-state index in [1.54, 1.807) is 63.2 Å². The first kappa shape index (κ1) is 26.7. The Morgan fingerprint density at radius 1 is 1.11 bits per heavy atom. The van der Waals surface area contributed by atoms with Gasteiger partial charge in [0.1, 0.15) is 11.6 Å². The Bertz CT molecular complexity index is 1560. The SMILES string of the molecule is Cc1cnc(Nc2cc(F)c(-c3cnn(C)c3)cn2)nc1Cc1ccc(Cl)c(CS(=O)(=O)C(C)(C)C)c1. The lowest BCUT2D eigenvalue weighted by molar-refractivity contribution is 0.559. The predicted molar refractivity (Wildman–Crippen MR) is 143 cm³/mol. The lowest BCUT2D eigenvalue weighted by Gasteiger charge is -2.20. The van der Waals surface area contributed by atoms with Crippen LogP contribution in [0.5, 0.6) is 0 Å². The summed E-state index contributed by atoms with van der Waals surface area (Å²) < 4.78 is 40.9. The molecule has 0 aliphatic heterocycles. The molecule has 0 fully saturated rings. The second kappa shape index (κ2) is 10.2. The van der Waals surface area contributed by atoms with Crippen molar-refractivity contribution in [2.75, 3.05) is 5.32 Å². The summed E-state index contributed by atoms with van der Waals surface area (Å²) in [6.45, 7) is 6.91. The normalized spacial score (nSPS) is 12.1. The fourth-order valence-corrected chi connectivity index (χ4v) is 4.91. The van der Waals surface area contributed by atoms with Crippen LogP contribution in [0.4, 0.5) is 16.2 Å². The fraction of sp³-hybridized carbons (Fsp3) is 0.308. The van der Waals surface area contributed by atoms with Crippen LogP contribution in [0.2, 0.25) is 5.02 Å². The third-order valence-electron chi connectivity index (χ3n) is 5.95. The van der Waals surface area contributed by atoms with E-state index in [9.17, 15) is 12.8 Å². The van der Waals surface area contributed by atoms with E-state index in [0.717, 1.165) is 16.8 Å². The number of aryl methyl sites for hydroxylation is 2. The van der Waals surface area contributed by atoms with Gasteiger partial charge in [0.15, 0.2) is 9.84 Å². The van der Waals surface area contributed by atoms with Crippen molar-refractivity contribution >= 4 is 33.2 Å². The number of rotatable bonds is 7. The highest BCUT2D eigenvalue weighted by molar-refractivity contribution is 7.91. The molecule has 0 saturated heterocycles. The van der Waals surface area contributed by atoms with Crippen molar-refractivity contribution in [3.63, 3.8) is 0 Å². The summed E-state index contributed by atoms with van der Waals surface area (Å²) in [5, 5.41) is 7.42. The molecule has 3 heterocycles. The zero-order valence-electron chi connectivity index (χ0n) is 21.2. The summed E-state index contributed by atoms with van der Waals surface area (Å²) in [6.07, 6.45) is 6.83. The van der Waals surface area contributed by atoms with Crippen molar-refractivity contribution in [2.24, 2.45) is 7.05 Å². The number of aromatic nitrogens is 5. The third-order valence-corrected chi connectivity index (χ3v) is 8.87. The second-order valence-electron chi connectivity index (χ2n) is 9.87. The maximum absolute atomic E-state index is 14.7. The van der Waals surface area contributed by atoms with Crippen molar-refractivity contribution in [3.8, 4) is 11.1 Å². The second-order valence-corrected chi connectivity index (χ2v) is 13.0. The molecule has 0 spiro atoms. The van der Waals surface area contributed by atoms with E-state index in [1.165, 1.54) is 12.3 Å². The molecule has 3 aromatic heterocycles. The Kier molecular flexibility index (Phi) is 7.34. The molecule has 4 rings (SSSR count). The number of hydrogen-bond acceptors (Lipinski definition) is 7. The van der Waals surface area contributed by atoms with E-state index < -0.39 is 20.4 Å². The first-order chi connectivity index (χ1) is 17.3. The largest absolute Gasteiger partial charge is 0.309 e. The monoisotopic (exact) mass is 542 g/mol. The smallest absolute Gasteiger partial charge is 0.228 e. The summed E-state index contributed by atoms with van der Waals surface area (Å²) in [6, 6.07) is 6.63. The number of benzene rings is 1. The van der Waals surface area contributed by atoms with Crippen molar-refractivity contribution in [1.82, 2.24) is 24.7 Å². The first-order valence-electron chi connectivity index (χ1n) is 11.6. The van der Waals surface area contributed by atoms with E-state index in [-0.39, 0.29) is 17.5 Å². The van der Waals surface area contributed by atoms with Gasteiger partial charge >= 0.3 is 0 Å². The van der Waals surface area contributed by atoms with Gasteiger partial charge in [0, 0.05) is 54.3 Å². The van der Waals surface area contributed by atoms with Gasteiger partial charge in [-0.05, 0) is 50.5 Å². The minimum atomic E-state index is -3.40. The number of nitrogens with one attached hydrogen (secondary N) is 1. The Labute approximate surface area is 220 Å². The van der Waals surface area contributed by atoms with E-state index in [2.05, 4.69) is 25.4 Å². The molecule has 0 saturated carbocycles. The molecule has 0 bridgehead atoms. The molecule has 0 radical (unpaired) electrons. The van der Waals surface area contributed by atoms with Crippen LogP contribution in [-0.2, 0) is 29.1 Å². The minimum absolute atomic E-state index is 0.148. The van der Waals surface area contributed by atoms with Gasteiger partial charge in [-0.1, -0.05) is 23.7 Å². The Morgan fingerprint density at radius 2 is 1.86 bits per heavy atom. The van der Waals surface area contributed by atoms with E-state index in [0.29, 0.717) is 28.1 Å². The van der Waals surface area contributed by atoms with Gasteiger partial charge < -0.3 is 5.32 Å². The van der Waals surface area contributed by atoms with Gasteiger partial charge in [-0.15, -0.1) is 0 Å². The third kappa shape index (κ3) is 6.14. The molecule has 0 amide bonds. The maximum Gasteiger partial charge on any atom is 0.228 e. The quantitative estimate of drug-likeness (QED) is 0.332. The van der Waals surface area contributed by atoms with Crippen molar-refractivity contribution < 1.29 is 12.8 Å². The standard InChI is InChI=1S/C26H28ClFN6O2S/c1-16-11-30-25(33-24-10-22(28)20(13-29-24)19-12-31-34(5)14-19)32-23(16)9-17-6-7-21(27)18(8-17)15-37(35,36)26(2,3)4/h6-8,10-14H,9,15H2,1-5H3,(H,29,30,32,33). The maximum atomic E-state index is 14.7. The molecule has 0 unspecified atom stereocenters. The molecule has 1 aromatic carbocycles. The molecule has 0 atom stereocenters. The highest BCUT2D eigenvalue weighted by atomic mass is 35.5. The van der Waals surface area contributed by atoms with Crippen molar-refractivity contribution in [3.05, 3.63) is 82.3 Å². The van der Waals surface area contributed by atoms with Crippen LogP contribution in [0.25, 0.3) is 11.1 Å². The van der Waals surface area contributed by atoms with Gasteiger partial charge in [0.25, 0.3) is 0 Å². The Hall–Kier alpha value is -3.37. The van der Waals surface area contributed by atoms with Gasteiger partial charge in [0.2, 0.25) is 5.95 Å². The summed E-state index contributed by atoms with van der Waals surface area (Å²) in [5.41, 5.74) is 3.97. The summed E-state index contributed by atoms with van der Waals surface area (Å²) >= 11 is 6.32. The number of pyridine rings is 1. The van der Waals surface area contributed by atoms with E-state index in [1.807, 2.05) is 13.0 Å². The fourth-order valence-electron chi connectivity index (χ4n) is 3.57. The van der Waals surface area contributed by atoms with Crippen LogP contribution in [0, 0.1) is 12.7 Å². The molecular weight excluding hydrogens is 515 g/mol. The summed E-state index contributed by atoms with van der Waals surface area (Å²) in [5.74, 6) is -0.0608. The highest BCUT2D eigenvalue weighted by Crippen LogP contribution is 2.27. The van der Waals surface area contributed by atoms with Crippen molar-refractivity contribution in [1.29, 1.82) is 0 Å². The van der Waals surface area contributed by atoms with E-state index in [4.69, 9.17) is 11.6 Å². The molecule has 4 aromatic rings. The highest BCUT2D eigenvalue weighted by Gasteiger charge is 2.29. The molecule has 0 aliphatic carbocycles. The van der Waals surface area contributed by atoms with Gasteiger partial charge in [-0.2, -0.15) is 5.10 Å². The number of halogens is 2. The number of hydrogen-bond donors (Lipinski definition) is 1. The molecule has 37 heavy (non-hydrogen) atoms. The number of anilines is 2. The average Bonchev–Trinajstić information content (AvgIpc) is 3.23. The van der Waals surface area contributed by atoms with Gasteiger partial charge in [-0.25, -0.2) is 27.8 Å². The van der Waals surface area contributed by atoms with Crippen molar-refractivity contribution in [2.45, 2.75) is 44.6 Å². The zero-order valence-corrected chi connectivity index (χ0v) is 22.8. The molecule has 8 nitrogen and oxygen atoms in total. The van der Waals surface area contributed by atoms with Crippen LogP contribution in [0.3, 0.4) is 0 Å². The topological polar surface area (TPSA) is 103 Å². The summed E-state index contributed by atoms with van der Waals surface area (Å²) in [4.78, 5) is 13.2. The predicted octanol–water partition coefficient (Wildman–Crippen LogP) is 5.42. The Balaban J connectivity index is 1.55. The first-order valence-corrected chi connectivity index (χ1v) is 13.6. The van der Waals surface area contributed by atoms with Crippen LogP contribution in [0.1, 0.15) is 43.2 Å². The minimum Gasteiger partial charge on any atom is -0.309 e. The molecular formula is C26H28ClFN6O2S. The van der Waals surface area contributed by atoms with Crippen LogP contribution < -0.4 is 5.32 Å². The van der Waals surface area contributed by atoms with Crippen LogP contribution >= 0.6 is 11.6 Å². The lowest BCUT2D eigenvalue weighted by Crippen LogP contribution is -2.29. The van der Waals surface area contributed by atoms with Gasteiger partial charge in [0.05, 0.1) is 22.4 Å². The molecule has 0 aliphatic rings. The molecule has 1 N–H and O–H groups in total. The zero-order chi connectivity index (χ0) is 27.0. The lowest BCUT2D eigenvalue weighted by atomic mass is 10.0. The number of sulfone groups is 1. The van der Waals surface area contributed by atoms with Gasteiger partial charge in [-0.3, -0.25) is 4.68 Å². The number of nitrogens with zero attached hydrogens (tertiary/aromatic N) is 5. The molecule has 194 valence electrons. The average molecular weight is 543 g/mol. The van der Waals surface area contributed by atoms with Crippen LogP contribution in [0.15, 0.2) is 49.1 Å².